The van der Waals surface area contributed by atoms with Crippen molar-refractivity contribution in [2.75, 3.05) is 51.2 Å². The van der Waals surface area contributed by atoms with Crippen molar-refractivity contribution in [2.45, 2.75) is 58.5 Å². The van der Waals surface area contributed by atoms with Gasteiger partial charge in [-0.05, 0) is 68.3 Å². The lowest BCUT2D eigenvalue weighted by molar-refractivity contribution is -0.123. The minimum atomic E-state index is -0.234. The molecule has 3 heterocycles. The second-order valence-electron chi connectivity index (χ2n) is 11.5. The molecule has 8 nitrogen and oxygen atoms in total. The van der Waals surface area contributed by atoms with E-state index in [0.717, 1.165) is 57.8 Å². The Hall–Kier alpha value is -2.74. The highest BCUT2D eigenvalue weighted by atomic mass is 16.2. The number of aryl methyl sites for hydroxylation is 1. The van der Waals surface area contributed by atoms with Crippen LogP contribution in [0.3, 0.4) is 0 Å². The summed E-state index contributed by atoms with van der Waals surface area (Å²) >= 11 is 0. The first-order chi connectivity index (χ1) is 16.6. The van der Waals surface area contributed by atoms with E-state index >= 15 is 0 Å². The van der Waals surface area contributed by atoms with Gasteiger partial charge in [0.2, 0.25) is 5.91 Å². The van der Waals surface area contributed by atoms with Gasteiger partial charge in [-0.15, -0.1) is 0 Å². The number of hydrogen-bond acceptors (Lipinski definition) is 6. The molecule has 1 amide bonds. The standard InChI is InChI=1S/C27H43N7O/c1-20-15-21(17-32-11-7-26(2,3)8-12-32)5-6-22(20)34-18-25(35)31-27(19-34)9-13-33(14-10-27)24(29)16-23(28)30-4/h5-6,15-16H,7-14,17-19,29H2,1-4H3,(H2,28,30)(H,31,35)/b24-16+. The first-order valence-corrected chi connectivity index (χ1v) is 12.9. The van der Waals surface area contributed by atoms with Gasteiger partial charge in [0.15, 0.2) is 0 Å². The SMILES string of the molecule is CN=C(N)/C=C(\N)N1CCC2(CC1)CN(c1ccc(CN3CCC(C)(C)CC3)cc1C)CC(=O)N2. The Balaban J connectivity index is 1.41. The summed E-state index contributed by atoms with van der Waals surface area (Å²) in [5.41, 5.74) is 16.0. The highest BCUT2D eigenvalue weighted by Gasteiger charge is 2.41. The van der Waals surface area contributed by atoms with Crippen LogP contribution in [0, 0.1) is 12.3 Å². The van der Waals surface area contributed by atoms with Crippen molar-refractivity contribution in [1.82, 2.24) is 15.1 Å². The first-order valence-electron chi connectivity index (χ1n) is 12.9. The molecule has 0 unspecified atom stereocenters. The molecular weight excluding hydrogens is 438 g/mol. The average molecular weight is 482 g/mol. The van der Waals surface area contributed by atoms with Crippen molar-refractivity contribution in [3.8, 4) is 0 Å². The van der Waals surface area contributed by atoms with Crippen LogP contribution in [0.5, 0.6) is 0 Å². The Morgan fingerprint density at radius 3 is 2.43 bits per heavy atom. The molecule has 0 aromatic heterocycles. The molecule has 1 spiro atoms. The minimum Gasteiger partial charge on any atom is -0.385 e. The number of nitrogens with zero attached hydrogens (tertiary/aromatic N) is 4. The summed E-state index contributed by atoms with van der Waals surface area (Å²) in [5, 5.41) is 3.31. The predicted molar refractivity (Wildman–Crippen MR) is 143 cm³/mol. The van der Waals surface area contributed by atoms with Crippen LogP contribution in [0.25, 0.3) is 0 Å². The third kappa shape index (κ3) is 6.10. The number of nitrogens with two attached hydrogens (primary N) is 2. The number of aliphatic imine (C=N–C) groups is 1. The Morgan fingerprint density at radius 2 is 1.80 bits per heavy atom. The summed E-state index contributed by atoms with van der Waals surface area (Å²) in [5.74, 6) is 1.14. The molecule has 8 heteroatoms. The molecular formula is C27H43N7O. The van der Waals surface area contributed by atoms with E-state index in [2.05, 4.69) is 64.0 Å². The second-order valence-corrected chi connectivity index (χ2v) is 11.5. The molecule has 35 heavy (non-hydrogen) atoms. The lowest BCUT2D eigenvalue weighted by Gasteiger charge is -2.49. The van der Waals surface area contributed by atoms with E-state index in [0.29, 0.717) is 23.6 Å². The van der Waals surface area contributed by atoms with E-state index in [9.17, 15) is 4.79 Å². The van der Waals surface area contributed by atoms with Crippen molar-refractivity contribution < 1.29 is 4.79 Å². The maximum absolute atomic E-state index is 12.8. The summed E-state index contributed by atoms with van der Waals surface area (Å²) in [6.07, 6.45) is 5.91. The van der Waals surface area contributed by atoms with Gasteiger partial charge in [-0.1, -0.05) is 26.0 Å². The van der Waals surface area contributed by atoms with Gasteiger partial charge in [0.1, 0.15) is 11.7 Å². The molecule has 0 bridgehead atoms. The molecule has 0 aliphatic carbocycles. The number of hydrogen-bond donors (Lipinski definition) is 3. The van der Waals surface area contributed by atoms with Crippen molar-refractivity contribution in [1.29, 1.82) is 0 Å². The number of carbonyl (C=O) groups excluding carboxylic acids is 1. The molecule has 1 aromatic rings. The third-order valence-electron chi connectivity index (χ3n) is 8.09. The highest BCUT2D eigenvalue weighted by Crippen LogP contribution is 2.33. The molecule has 3 aliphatic rings. The van der Waals surface area contributed by atoms with Gasteiger partial charge in [0.05, 0.1) is 12.1 Å². The number of benzene rings is 1. The smallest absolute Gasteiger partial charge is 0.240 e. The number of amides is 1. The van der Waals surface area contributed by atoms with Gasteiger partial charge in [-0.2, -0.15) is 0 Å². The van der Waals surface area contributed by atoms with Crippen LogP contribution < -0.4 is 21.7 Å². The predicted octanol–water partition coefficient (Wildman–Crippen LogP) is 2.17. The molecule has 1 aromatic carbocycles. The lowest BCUT2D eigenvalue weighted by Crippen LogP contribution is -2.66. The van der Waals surface area contributed by atoms with Crippen LogP contribution in [-0.2, 0) is 11.3 Å². The van der Waals surface area contributed by atoms with Gasteiger partial charge in [0, 0.05) is 45.0 Å². The zero-order valence-corrected chi connectivity index (χ0v) is 21.9. The average Bonchev–Trinajstić information content (AvgIpc) is 2.80. The summed E-state index contributed by atoms with van der Waals surface area (Å²) < 4.78 is 0. The van der Waals surface area contributed by atoms with Gasteiger partial charge in [-0.25, -0.2) is 0 Å². The number of rotatable bonds is 5. The zero-order chi connectivity index (χ0) is 25.2. The second kappa shape index (κ2) is 10.1. The van der Waals surface area contributed by atoms with Crippen molar-refractivity contribution >= 4 is 17.4 Å². The molecule has 192 valence electrons. The summed E-state index contributed by atoms with van der Waals surface area (Å²) in [6.45, 7) is 13.0. The number of likely N-dealkylation sites (tertiary alicyclic amines) is 2. The van der Waals surface area contributed by atoms with Crippen LogP contribution >= 0.6 is 0 Å². The number of anilines is 1. The van der Waals surface area contributed by atoms with Crippen LogP contribution in [0.2, 0.25) is 0 Å². The summed E-state index contributed by atoms with van der Waals surface area (Å²) in [6, 6.07) is 6.77. The maximum atomic E-state index is 12.8. The highest BCUT2D eigenvalue weighted by molar-refractivity contribution is 5.91. The van der Waals surface area contributed by atoms with E-state index < -0.39 is 0 Å². The Kier molecular flexibility index (Phi) is 7.31. The molecule has 0 radical (unpaired) electrons. The monoisotopic (exact) mass is 481 g/mol. The Bertz CT molecular complexity index is 981. The van der Waals surface area contributed by atoms with Crippen molar-refractivity contribution in [3.63, 3.8) is 0 Å². The van der Waals surface area contributed by atoms with Crippen LogP contribution in [-0.4, -0.2) is 73.4 Å². The number of amidine groups is 1. The van der Waals surface area contributed by atoms with Crippen molar-refractivity contribution in [3.05, 3.63) is 41.2 Å². The zero-order valence-electron chi connectivity index (χ0n) is 21.9. The first kappa shape index (κ1) is 25.4. The molecule has 0 atom stereocenters. The number of nitrogens with one attached hydrogen (secondary N) is 1. The van der Waals surface area contributed by atoms with Gasteiger partial charge in [0.25, 0.3) is 0 Å². The topological polar surface area (TPSA) is 103 Å². The van der Waals surface area contributed by atoms with E-state index in [-0.39, 0.29) is 11.4 Å². The fraction of sp³-hybridized carbons (Fsp3) is 0.630. The molecule has 3 aliphatic heterocycles. The van der Waals surface area contributed by atoms with E-state index in [4.69, 9.17) is 11.5 Å². The van der Waals surface area contributed by atoms with E-state index in [1.807, 2.05) is 0 Å². The van der Waals surface area contributed by atoms with E-state index in [1.54, 1.807) is 13.1 Å². The Labute approximate surface area is 210 Å². The molecule has 3 saturated heterocycles. The summed E-state index contributed by atoms with van der Waals surface area (Å²) in [4.78, 5) is 23.7. The number of piperazine rings is 1. The van der Waals surface area contributed by atoms with Crippen LogP contribution in [0.1, 0.15) is 50.7 Å². The van der Waals surface area contributed by atoms with Gasteiger partial charge >= 0.3 is 0 Å². The van der Waals surface area contributed by atoms with Crippen LogP contribution in [0.4, 0.5) is 5.69 Å². The Morgan fingerprint density at radius 1 is 1.11 bits per heavy atom. The molecule has 5 N–H and O–H groups in total. The largest absolute Gasteiger partial charge is 0.385 e. The quantitative estimate of drug-likeness (QED) is 0.440. The van der Waals surface area contributed by atoms with Gasteiger partial charge < -0.3 is 26.6 Å². The number of piperidine rings is 2. The molecule has 4 rings (SSSR count). The summed E-state index contributed by atoms with van der Waals surface area (Å²) in [7, 11) is 1.65. The van der Waals surface area contributed by atoms with Crippen molar-refractivity contribution in [2.24, 2.45) is 21.9 Å². The third-order valence-corrected chi connectivity index (χ3v) is 8.09. The number of carbonyl (C=O) groups is 1. The fourth-order valence-corrected chi connectivity index (χ4v) is 5.67. The van der Waals surface area contributed by atoms with Gasteiger partial charge in [-0.3, -0.25) is 14.7 Å². The fourth-order valence-electron chi connectivity index (χ4n) is 5.67. The van der Waals surface area contributed by atoms with Crippen LogP contribution in [0.15, 0.2) is 35.1 Å². The lowest BCUT2D eigenvalue weighted by atomic mass is 9.82. The van der Waals surface area contributed by atoms with E-state index in [1.165, 1.54) is 24.0 Å². The minimum absolute atomic E-state index is 0.0926. The molecule has 3 fully saturated rings. The maximum Gasteiger partial charge on any atom is 0.240 e. The molecule has 0 saturated carbocycles. The normalized spacial score (nSPS) is 23.5.